The number of piperidine rings is 1. The molecule has 5 nitrogen and oxygen atoms in total. The van der Waals surface area contributed by atoms with Gasteiger partial charge in [0.25, 0.3) is 0 Å². The van der Waals surface area contributed by atoms with Gasteiger partial charge in [-0.1, -0.05) is 0 Å². The third-order valence-corrected chi connectivity index (χ3v) is 3.01. The molecule has 3 N–H and O–H groups in total. The lowest BCUT2D eigenvalue weighted by Crippen LogP contribution is -2.47. The summed E-state index contributed by atoms with van der Waals surface area (Å²) < 4.78 is 5.54. The number of ether oxygens (including phenoxy) is 1. The van der Waals surface area contributed by atoms with Crippen molar-refractivity contribution in [3.05, 3.63) is 0 Å². The van der Waals surface area contributed by atoms with Gasteiger partial charge in [-0.05, 0) is 39.8 Å². The maximum absolute atomic E-state index is 11.1. The summed E-state index contributed by atoms with van der Waals surface area (Å²) in [5.74, 6) is -0.256. The molecule has 0 aromatic heterocycles. The monoisotopic (exact) mass is 243 g/mol. The lowest BCUT2D eigenvalue weighted by Gasteiger charge is -2.33. The van der Waals surface area contributed by atoms with Crippen LogP contribution >= 0.6 is 0 Å². The fourth-order valence-corrected chi connectivity index (χ4v) is 2.17. The number of hydrogen-bond acceptors (Lipinski definition) is 4. The summed E-state index contributed by atoms with van der Waals surface area (Å²) in [5, 5.41) is 3.32. The number of hydrogen-bond donors (Lipinski definition) is 2. The molecule has 1 aliphatic rings. The quantitative estimate of drug-likeness (QED) is 0.658. The first kappa shape index (κ1) is 14.4. The van der Waals surface area contributed by atoms with Gasteiger partial charge in [-0.3, -0.25) is 9.69 Å². The van der Waals surface area contributed by atoms with E-state index in [1.54, 1.807) is 0 Å². The lowest BCUT2D eigenvalue weighted by molar-refractivity contribution is -0.120. The van der Waals surface area contributed by atoms with Crippen molar-refractivity contribution in [3.63, 3.8) is 0 Å². The number of carbonyl (C=O) groups excluding carboxylic acids is 1. The van der Waals surface area contributed by atoms with Crippen LogP contribution in [0.2, 0.25) is 0 Å². The predicted octanol–water partition coefficient (Wildman–Crippen LogP) is -0.0493. The van der Waals surface area contributed by atoms with E-state index in [2.05, 4.69) is 10.2 Å². The Morgan fingerprint density at radius 1 is 1.47 bits per heavy atom. The molecule has 0 bridgehead atoms. The summed E-state index contributed by atoms with van der Waals surface area (Å²) in [6.07, 6.45) is 2.39. The minimum atomic E-state index is -0.256. The zero-order valence-electron chi connectivity index (χ0n) is 10.9. The normalized spacial score (nSPS) is 17.9. The largest absolute Gasteiger partial charge is 0.377 e. The fraction of sp³-hybridized carbons (Fsp3) is 0.917. The van der Waals surface area contributed by atoms with Gasteiger partial charge in [0.05, 0.1) is 19.3 Å². The Morgan fingerprint density at radius 3 is 2.65 bits per heavy atom. The standard InChI is InChI=1S/C12H25N3O2/c1-10(2)17-8-7-15(9-12(13)16)11-3-5-14-6-4-11/h10-11,14H,3-9H2,1-2H3,(H2,13,16). The molecule has 0 aromatic carbocycles. The van der Waals surface area contributed by atoms with E-state index >= 15 is 0 Å². The van der Waals surface area contributed by atoms with Gasteiger partial charge in [0.2, 0.25) is 5.91 Å². The highest BCUT2D eigenvalue weighted by Crippen LogP contribution is 2.11. The van der Waals surface area contributed by atoms with Gasteiger partial charge in [-0.2, -0.15) is 0 Å². The van der Waals surface area contributed by atoms with Crippen molar-refractivity contribution in [2.24, 2.45) is 5.73 Å². The van der Waals surface area contributed by atoms with Crippen LogP contribution < -0.4 is 11.1 Å². The van der Waals surface area contributed by atoms with Crippen LogP contribution in [0.15, 0.2) is 0 Å². The summed E-state index contributed by atoms with van der Waals surface area (Å²) in [6.45, 7) is 7.86. The number of amides is 1. The van der Waals surface area contributed by atoms with E-state index in [9.17, 15) is 4.79 Å². The summed E-state index contributed by atoms with van der Waals surface area (Å²) in [5.41, 5.74) is 5.29. The predicted molar refractivity (Wildman–Crippen MR) is 67.7 cm³/mol. The first-order valence-electron chi connectivity index (χ1n) is 6.44. The molecule has 1 rings (SSSR count). The molecule has 1 heterocycles. The Bertz CT molecular complexity index is 228. The molecule has 1 saturated heterocycles. The van der Waals surface area contributed by atoms with Gasteiger partial charge in [0, 0.05) is 12.6 Å². The summed E-state index contributed by atoms with van der Waals surface area (Å²) in [4.78, 5) is 13.2. The van der Waals surface area contributed by atoms with Crippen molar-refractivity contribution in [1.82, 2.24) is 10.2 Å². The van der Waals surface area contributed by atoms with E-state index in [0.29, 0.717) is 19.2 Å². The number of rotatable bonds is 7. The molecule has 0 aromatic rings. The molecule has 1 aliphatic heterocycles. The zero-order chi connectivity index (χ0) is 12.7. The molecular formula is C12H25N3O2. The molecule has 0 unspecified atom stereocenters. The van der Waals surface area contributed by atoms with Crippen LogP contribution in [0.4, 0.5) is 0 Å². The molecule has 100 valence electrons. The maximum atomic E-state index is 11.1. The van der Waals surface area contributed by atoms with E-state index in [-0.39, 0.29) is 12.0 Å². The second kappa shape index (κ2) is 7.63. The van der Waals surface area contributed by atoms with Crippen LogP contribution in [0, 0.1) is 0 Å². The summed E-state index contributed by atoms with van der Waals surface area (Å²) in [6, 6.07) is 0.458. The van der Waals surface area contributed by atoms with Crippen LogP contribution in [0.3, 0.4) is 0 Å². The smallest absolute Gasteiger partial charge is 0.231 e. The molecule has 5 heteroatoms. The average Bonchev–Trinajstić information content (AvgIpc) is 2.28. The minimum absolute atomic E-state index is 0.235. The van der Waals surface area contributed by atoms with E-state index in [0.717, 1.165) is 32.5 Å². The van der Waals surface area contributed by atoms with Crippen molar-refractivity contribution in [2.75, 3.05) is 32.8 Å². The van der Waals surface area contributed by atoms with Crippen LogP contribution in [-0.2, 0) is 9.53 Å². The summed E-state index contributed by atoms with van der Waals surface area (Å²) in [7, 11) is 0. The van der Waals surface area contributed by atoms with Crippen LogP contribution in [0.1, 0.15) is 26.7 Å². The van der Waals surface area contributed by atoms with E-state index in [4.69, 9.17) is 10.5 Å². The van der Waals surface area contributed by atoms with Crippen molar-refractivity contribution >= 4 is 5.91 Å². The van der Waals surface area contributed by atoms with Crippen LogP contribution in [0.25, 0.3) is 0 Å². The highest BCUT2D eigenvalue weighted by Gasteiger charge is 2.21. The molecule has 0 spiro atoms. The second-order valence-corrected chi connectivity index (χ2v) is 4.84. The molecular weight excluding hydrogens is 218 g/mol. The Kier molecular flexibility index (Phi) is 6.47. The zero-order valence-corrected chi connectivity index (χ0v) is 10.9. The van der Waals surface area contributed by atoms with Crippen LogP contribution in [0.5, 0.6) is 0 Å². The third kappa shape index (κ3) is 6.00. The molecule has 1 fully saturated rings. The number of nitrogens with two attached hydrogens (primary N) is 1. The first-order chi connectivity index (χ1) is 8.09. The van der Waals surface area contributed by atoms with Crippen molar-refractivity contribution in [1.29, 1.82) is 0 Å². The summed E-state index contributed by atoms with van der Waals surface area (Å²) >= 11 is 0. The Hall–Kier alpha value is -0.650. The maximum Gasteiger partial charge on any atom is 0.231 e. The Labute approximate surface area is 104 Å². The second-order valence-electron chi connectivity index (χ2n) is 4.84. The molecule has 17 heavy (non-hydrogen) atoms. The van der Waals surface area contributed by atoms with Gasteiger partial charge < -0.3 is 15.8 Å². The molecule has 0 atom stereocenters. The fourth-order valence-electron chi connectivity index (χ4n) is 2.17. The number of nitrogens with one attached hydrogen (secondary N) is 1. The SMILES string of the molecule is CC(C)OCCN(CC(N)=O)C1CCNCC1. The van der Waals surface area contributed by atoms with Gasteiger partial charge in [-0.25, -0.2) is 0 Å². The lowest BCUT2D eigenvalue weighted by atomic mass is 10.0. The van der Waals surface area contributed by atoms with Crippen molar-refractivity contribution in [3.8, 4) is 0 Å². The highest BCUT2D eigenvalue weighted by molar-refractivity contribution is 5.75. The highest BCUT2D eigenvalue weighted by atomic mass is 16.5. The van der Waals surface area contributed by atoms with Gasteiger partial charge in [0.1, 0.15) is 0 Å². The number of primary amides is 1. The van der Waals surface area contributed by atoms with Gasteiger partial charge >= 0.3 is 0 Å². The Morgan fingerprint density at radius 2 is 2.12 bits per heavy atom. The van der Waals surface area contributed by atoms with Gasteiger partial charge in [-0.15, -0.1) is 0 Å². The molecule has 0 radical (unpaired) electrons. The Balaban J connectivity index is 2.38. The van der Waals surface area contributed by atoms with Crippen molar-refractivity contribution < 1.29 is 9.53 Å². The number of carbonyl (C=O) groups is 1. The molecule has 0 saturated carbocycles. The third-order valence-electron chi connectivity index (χ3n) is 3.01. The average molecular weight is 243 g/mol. The minimum Gasteiger partial charge on any atom is -0.377 e. The van der Waals surface area contributed by atoms with E-state index in [1.807, 2.05) is 13.8 Å². The van der Waals surface area contributed by atoms with Crippen LogP contribution in [-0.4, -0.2) is 55.7 Å². The first-order valence-corrected chi connectivity index (χ1v) is 6.44. The topological polar surface area (TPSA) is 67.6 Å². The van der Waals surface area contributed by atoms with E-state index < -0.39 is 0 Å². The molecule has 0 aliphatic carbocycles. The van der Waals surface area contributed by atoms with E-state index in [1.165, 1.54) is 0 Å². The van der Waals surface area contributed by atoms with Gasteiger partial charge in [0.15, 0.2) is 0 Å². The molecule has 1 amide bonds. The van der Waals surface area contributed by atoms with Crippen molar-refractivity contribution in [2.45, 2.75) is 38.8 Å². The number of nitrogens with zero attached hydrogens (tertiary/aromatic N) is 1.